The van der Waals surface area contributed by atoms with Crippen LogP contribution in [0.2, 0.25) is 0 Å². The van der Waals surface area contributed by atoms with E-state index in [9.17, 15) is 0 Å². The number of hydrogen-bond donors (Lipinski definition) is 1. The minimum absolute atomic E-state index is 0.441. The second kappa shape index (κ2) is 5.73. The van der Waals surface area contributed by atoms with Crippen LogP contribution >= 0.6 is 15.9 Å². The Morgan fingerprint density at radius 3 is 2.56 bits per heavy atom. The Kier molecular flexibility index (Phi) is 4.04. The number of rotatable bonds is 4. The fraction of sp³-hybridized carbons (Fsp3) is 0.154. The standard InChI is InChI=1S/C13H13BrN2O2/c1-17-10-4-2-9(3-5-10)8-18-13-11(14)6-16-7-12(13)15/h2-7H,8,15H2,1H3. The first-order valence-corrected chi connectivity index (χ1v) is 6.14. The quantitative estimate of drug-likeness (QED) is 0.943. The molecule has 0 unspecified atom stereocenters. The molecule has 2 aromatic rings. The number of nitrogen functional groups attached to an aromatic ring is 1. The first-order chi connectivity index (χ1) is 8.70. The Bertz CT molecular complexity index is 509. The molecule has 0 saturated carbocycles. The summed E-state index contributed by atoms with van der Waals surface area (Å²) in [5, 5.41) is 0. The van der Waals surface area contributed by atoms with Crippen molar-refractivity contribution in [1.82, 2.24) is 4.98 Å². The van der Waals surface area contributed by atoms with Crippen molar-refractivity contribution in [2.45, 2.75) is 6.61 Å². The number of benzene rings is 1. The number of ether oxygens (including phenoxy) is 2. The van der Waals surface area contributed by atoms with E-state index in [1.54, 1.807) is 19.5 Å². The van der Waals surface area contributed by atoms with Gasteiger partial charge in [0.05, 0.1) is 23.5 Å². The number of pyridine rings is 1. The highest BCUT2D eigenvalue weighted by Crippen LogP contribution is 2.30. The van der Waals surface area contributed by atoms with Gasteiger partial charge in [-0.05, 0) is 33.6 Å². The molecule has 0 amide bonds. The zero-order valence-corrected chi connectivity index (χ0v) is 11.5. The second-order valence-corrected chi connectivity index (χ2v) is 4.53. The molecular weight excluding hydrogens is 296 g/mol. The number of nitrogens with zero attached hydrogens (tertiary/aromatic N) is 1. The molecule has 1 heterocycles. The SMILES string of the molecule is COc1ccc(COc2c(N)cncc2Br)cc1. The number of nitrogens with two attached hydrogens (primary N) is 1. The summed E-state index contributed by atoms with van der Waals surface area (Å²) in [6.45, 7) is 0.441. The molecule has 5 heteroatoms. The van der Waals surface area contributed by atoms with Gasteiger partial charge in [-0.1, -0.05) is 12.1 Å². The Hall–Kier alpha value is -1.75. The highest BCUT2D eigenvalue weighted by atomic mass is 79.9. The monoisotopic (exact) mass is 308 g/mol. The van der Waals surface area contributed by atoms with Crippen LogP contribution in [0.1, 0.15) is 5.56 Å². The van der Waals surface area contributed by atoms with Crippen LogP contribution < -0.4 is 15.2 Å². The van der Waals surface area contributed by atoms with Crippen molar-refractivity contribution in [1.29, 1.82) is 0 Å². The van der Waals surface area contributed by atoms with E-state index >= 15 is 0 Å². The topological polar surface area (TPSA) is 57.4 Å². The fourth-order valence-corrected chi connectivity index (χ4v) is 1.93. The highest BCUT2D eigenvalue weighted by Gasteiger charge is 2.06. The van der Waals surface area contributed by atoms with Crippen molar-refractivity contribution in [3.63, 3.8) is 0 Å². The van der Waals surface area contributed by atoms with Crippen LogP contribution in [0, 0.1) is 0 Å². The van der Waals surface area contributed by atoms with Crippen LogP contribution in [0.4, 0.5) is 5.69 Å². The molecule has 0 spiro atoms. The molecule has 0 aliphatic rings. The van der Waals surface area contributed by atoms with Gasteiger partial charge in [-0.2, -0.15) is 0 Å². The third-order valence-electron chi connectivity index (χ3n) is 2.42. The van der Waals surface area contributed by atoms with E-state index < -0.39 is 0 Å². The van der Waals surface area contributed by atoms with Gasteiger partial charge in [0.1, 0.15) is 12.4 Å². The molecule has 4 nitrogen and oxygen atoms in total. The van der Waals surface area contributed by atoms with Crippen molar-refractivity contribution in [2.75, 3.05) is 12.8 Å². The van der Waals surface area contributed by atoms with E-state index in [0.717, 1.165) is 15.8 Å². The van der Waals surface area contributed by atoms with Crippen LogP contribution in [-0.2, 0) is 6.61 Å². The summed E-state index contributed by atoms with van der Waals surface area (Å²) < 4.78 is 11.5. The van der Waals surface area contributed by atoms with Gasteiger partial charge in [0.2, 0.25) is 0 Å². The first-order valence-electron chi connectivity index (χ1n) is 5.35. The maximum absolute atomic E-state index is 5.79. The first kappa shape index (κ1) is 12.7. The Balaban J connectivity index is 2.06. The molecule has 0 fully saturated rings. The molecule has 0 atom stereocenters. The predicted molar refractivity (Wildman–Crippen MR) is 73.7 cm³/mol. The number of methoxy groups -OCH3 is 1. The van der Waals surface area contributed by atoms with Crippen molar-refractivity contribution >= 4 is 21.6 Å². The van der Waals surface area contributed by atoms with Crippen LogP contribution in [0.25, 0.3) is 0 Å². The molecular formula is C13H13BrN2O2. The molecule has 2 rings (SSSR count). The zero-order valence-electron chi connectivity index (χ0n) is 9.89. The second-order valence-electron chi connectivity index (χ2n) is 3.68. The summed E-state index contributed by atoms with van der Waals surface area (Å²) >= 11 is 3.36. The average molecular weight is 309 g/mol. The van der Waals surface area contributed by atoms with Gasteiger partial charge in [0.25, 0.3) is 0 Å². The number of anilines is 1. The lowest BCUT2D eigenvalue weighted by atomic mass is 10.2. The molecule has 0 aliphatic carbocycles. The summed E-state index contributed by atoms with van der Waals surface area (Å²) in [6.07, 6.45) is 3.22. The van der Waals surface area contributed by atoms with Crippen molar-refractivity contribution in [2.24, 2.45) is 0 Å². The number of hydrogen-bond acceptors (Lipinski definition) is 4. The number of aromatic nitrogens is 1. The van der Waals surface area contributed by atoms with Gasteiger partial charge in [-0.15, -0.1) is 0 Å². The molecule has 0 bridgehead atoms. The molecule has 0 aliphatic heterocycles. The minimum Gasteiger partial charge on any atom is -0.497 e. The maximum atomic E-state index is 5.79. The molecule has 2 N–H and O–H groups in total. The third-order valence-corrected chi connectivity index (χ3v) is 2.99. The summed E-state index contributed by atoms with van der Waals surface area (Å²) in [7, 11) is 1.64. The Labute approximate surface area is 114 Å². The van der Waals surface area contributed by atoms with Gasteiger partial charge >= 0.3 is 0 Å². The third kappa shape index (κ3) is 2.92. The lowest BCUT2D eigenvalue weighted by Gasteiger charge is -2.10. The van der Waals surface area contributed by atoms with Crippen LogP contribution in [0.15, 0.2) is 41.1 Å². The van der Waals surface area contributed by atoms with Gasteiger partial charge in [-0.25, -0.2) is 0 Å². The van der Waals surface area contributed by atoms with Crippen molar-refractivity contribution in [3.05, 3.63) is 46.7 Å². The van der Waals surface area contributed by atoms with E-state index in [1.165, 1.54) is 0 Å². The molecule has 0 saturated heterocycles. The van der Waals surface area contributed by atoms with E-state index in [0.29, 0.717) is 18.0 Å². The largest absolute Gasteiger partial charge is 0.497 e. The van der Waals surface area contributed by atoms with Crippen LogP contribution in [-0.4, -0.2) is 12.1 Å². The van der Waals surface area contributed by atoms with Crippen molar-refractivity contribution in [3.8, 4) is 11.5 Å². The zero-order chi connectivity index (χ0) is 13.0. The molecule has 0 radical (unpaired) electrons. The Morgan fingerprint density at radius 2 is 1.94 bits per heavy atom. The van der Waals surface area contributed by atoms with Gasteiger partial charge < -0.3 is 15.2 Å². The smallest absolute Gasteiger partial charge is 0.160 e. The summed E-state index contributed by atoms with van der Waals surface area (Å²) in [5.41, 5.74) is 7.35. The summed E-state index contributed by atoms with van der Waals surface area (Å²) in [4.78, 5) is 3.95. The van der Waals surface area contributed by atoms with E-state index in [2.05, 4.69) is 20.9 Å². The lowest BCUT2D eigenvalue weighted by Crippen LogP contribution is -2.00. The van der Waals surface area contributed by atoms with Crippen LogP contribution in [0.5, 0.6) is 11.5 Å². The van der Waals surface area contributed by atoms with Crippen LogP contribution in [0.3, 0.4) is 0 Å². The summed E-state index contributed by atoms with van der Waals surface area (Å²) in [5.74, 6) is 1.43. The lowest BCUT2D eigenvalue weighted by molar-refractivity contribution is 0.305. The highest BCUT2D eigenvalue weighted by molar-refractivity contribution is 9.10. The number of halogens is 1. The van der Waals surface area contributed by atoms with Crippen molar-refractivity contribution < 1.29 is 9.47 Å². The Morgan fingerprint density at radius 1 is 1.22 bits per heavy atom. The van der Waals surface area contributed by atoms with E-state index in [1.807, 2.05) is 24.3 Å². The van der Waals surface area contributed by atoms with Gasteiger partial charge in [0, 0.05) is 6.20 Å². The summed E-state index contributed by atoms with van der Waals surface area (Å²) in [6, 6.07) is 7.68. The minimum atomic E-state index is 0.441. The van der Waals surface area contributed by atoms with E-state index in [-0.39, 0.29) is 0 Å². The molecule has 1 aromatic heterocycles. The van der Waals surface area contributed by atoms with E-state index in [4.69, 9.17) is 15.2 Å². The van der Waals surface area contributed by atoms with Gasteiger partial charge in [0.15, 0.2) is 5.75 Å². The molecule has 94 valence electrons. The normalized spacial score (nSPS) is 10.1. The average Bonchev–Trinajstić information content (AvgIpc) is 2.39. The maximum Gasteiger partial charge on any atom is 0.160 e. The molecule has 18 heavy (non-hydrogen) atoms. The molecule has 1 aromatic carbocycles. The van der Waals surface area contributed by atoms with Gasteiger partial charge in [-0.3, -0.25) is 4.98 Å². The fourth-order valence-electron chi connectivity index (χ4n) is 1.47. The predicted octanol–water partition coefficient (Wildman–Crippen LogP) is 3.01.